The smallest absolute Gasteiger partial charge is 0.217 e. The lowest BCUT2D eigenvalue weighted by Gasteiger charge is -2.33. The molecule has 1 heterocycles. The van der Waals surface area contributed by atoms with Crippen LogP contribution in [0, 0.1) is 5.92 Å². The Morgan fingerprint density at radius 1 is 1.28 bits per heavy atom. The molecule has 1 aliphatic rings. The average Bonchev–Trinajstić information content (AvgIpc) is 2.39. The van der Waals surface area contributed by atoms with Gasteiger partial charge in [-0.05, 0) is 43.0 Å². The Bertz CT molecular complexity index is 420. The van der Waals surface area contributed by atoms with Crippen LogP contribution >= 0.6 is 0 Å². The first-order valence-electron chi connectivity index (χ1n) is 6.27. The van der Waals surface area contributed by atoms with Gasteiger partial charge in [0.25, 0.3) is 0 Å². The Morgan fingerprint density at radius 2 is 1.89 bits per heavy atom. The second-order valence-electron chi connectivity index (χ2n) is 4.81. The van der Waals surface area contributed by atoms with Crippen LogP contribution in [0.4, 0.5) is 5.69 Å². The molecule has 2 N–H and O–H groups in total. The number of hydrogen-bond donors (Lipinski definition) is 1. The minimum absolute atomic E-state index is 0.205. The van der Waals surface area contributed by atoms with E-state index in [1.165, 1.54) is 0 Å². The van der Waals surface area contributed by atoms with E-state index in [2.05, 4.69) is 4.90 Å². The second-order valence-corrected chi connectivity index (χ2v) is 4.81. The fraction of sp³-hybridized carbons (Fsp3) is 0.429. The molecule has 18 heavy (non-hydrogen) atoms. The van der Waals surface area contributed by atoms with Gasteiger partial charge in [0.1, 0.15) is 6.29 Å². The summed E-state index contributed by atoms with van der Waals surface area (Å²) in [5, 5.41) is 0. The lowest BCUT2D eigenvalue weighted by Crippen LogP contribution is -2.35. The van der Waals surface area contributed by atoms with Gasteiger partial charge in [0.15, 0.2) is 0 Å². The predicted molar refractivity (Wildman–Crippen MR) is 70.6 cm³/mol. The van der Waals surface area contributed by atoms with Crippen LogP contribution in [0.3, 0.4) is 0 Å². The maximum atomic E-state index is 10.9. The molecule has 0 unspecified atom stereocenters. The number of hydrogen-bond acceptors (Lipinski definition) is 3. The number of piperidine rings is 1. The van der Waals surface area contributed by atoms with Crippen LogP contribution in [0.1, 0.15) is 29.6 Å². The number of nitrogens with two attached hydrogens (primary N) is 1. The Hall–Kier alpha value is -1.84. The van der Waals surface area contributed by atoms with Crippen molar-refractivity contribution < 1.29 is 9.59 Å². The van der Waals surface area contributed by atoms with Crippen molar-refractivity contribution in [1.29, 1.82) is 0 Å². The molecule has 0 bridgehead atoms. The second kappa shape index (κ2) is 5.67. The summed E-state index contributed by atoms with van der Waals surface area (Å²) in [6, 6.07) is 7.60. The standard InChI is InChI=1S/C14H18N2O2/c15-14(18)9-11-5-7-16(8-6-11)13-3-1-12(10-17)2-4-13/h1-4,10-11H,5-9H2,(H2,15,18). The molecule has 1 saturated heterocycles. The summed E-state index contributed by atoms with van der Waals surface area (Å²) in [5.41, 5.74) is 7.05. The molecule has 1 aromatic carbocycles. The molecule has 0 saturated carbocycles. The van der Waals surface area contributed by atoms with E-state index in [9.17, 15) is 9.59 Å². The van der Waals surface area contributed by atoms with Crippen LogP contribution in [-0.2, 0) is 4.79 Å². The zero-order chi connectivity index (χ0) is 13.0. The monoisotopic (exact) mass is 246 g/mol. The number of benzene rings is 1. The highest BCUT2D eigenvalue weighted by molar-refractivity contribution is 5.75. The highest BCUT2D eigenvalue weighted by Gasteiger charge is 2.20. The van der Waals surface area contributed by atoms with Crippen molar-refractivity contribution in [3.05, 3.63) is 29.8 Å². The Kier molecular flexibility index (Phi) is 3.97. The number of aldehydes is 1. The molecule has 1 aromatic rings. The lowest BCUT2D eigenvalue weighted by atomic mass is 9.93. The molecule has 1 aliphatic heterocycles. The molecule has 1 amide bonds. The third-order valence-electron chi connectivity index (χ3n) is 3.50. The predicted octanol–water partition coefficient (Wildman–Crippen LogP) is 1.59. The van der Waals surface area contributed by atoms with Crippen molar-refractivity contribution in [2.75, 3.05) is 18.0 Å². The van der Waals surface area contributed by atoms with E-state index in [1.807, 2.05) is 24.3 Å². The highest BCUT2D eigenvalue weighted by atomic mass is 16.1. The Morgan fingerprint density at radius 3 is 2.39 bits per heavy atom. The van der Waals surface area contributed by atoms with E-state index in [0.29, 0.717) is 17.9 Å². The van der Waals surface area contributed by atoms with Crippen molar-refractivity contribution in [1.82, 2.24) is 0 Å². The molecule has 0 aliphatic carbocycles. The number of anilines is 1. The number of carbonyl (C=O) groups excluding carboxylic acids is 2. The van der Waals surface area contributed by atoms with Crippen LogP contribution in [-0.4, -0.2) is 25.3 Å². The van der Waals surface area contributed by atoms with Crippen LogP contribution in [0.25, 0.3) is 0 Å². The van der Waals surface area contributed by atoms with Gasteiger partial charge in [-0.1, -0.05) is 0 Å². The molecule has 4 nitrogen and oxygen atoms in total. The van der Waals surface area contributed by atoms with Crippen LogP contribution in [0.15, 0.2) is 24.3 Å². The third-order valence-corrected chi connectivity index (χ3v) is 3.50. The number of carbonyl (C=O) groups is 2. The zero-order valence-electron chi connectivity index (χ0n) is 10.3. The summed E-state index contributed by atoms with van der Waals surface area (Å²) < 4.78 is 0. The first kappa shape index (κ1) is 12.6. The normalized spacial score (nSPS) is 16.6. The maximum Gasteiger partial charge on any atom is 0.217 e. The van der Waals surface area contributed by atoms with E-state index in [0.717, 1.165) is 37.9 Å². The van der Waals surface area contributed by atoms with E-state index in [-0.39, 0.29) is 5.91 Å². The molecule has 0 radical (unpaired) electrons. The zero-order valence-corrected chi connectivity index (χ0v) is 10.3. The summed E-state index contributed by atoms with van der Waals surface area (Å²) >= 11 is 0. The minimum atomic E-state index is -0.205. The molecule has 96 valence electrons. The Balaban J connectivity index is 1.92. The van der Waals surface area contributed by atoms with Crippen molar-refractivity contribution >= 4 is 17.9 Å². The van der Waals surface area contributed by atoms with Crippen LogP contribution in [0.2, 0.25) is 0 Å². The van der Waals surface area contributed by atoms with Crippen molar-refractivity contribution in [2.24, 2.45) is 11.7 Å². The van der Waals surface area contributed by atoms with E-state index >= 15 is 0 Å². The molecule has 0 atom stereocenters. The summed E-state index contributed by atoms with van der Waals surface area (Å²) in [5.74, 6) is 0.219. The highest BCUT2D eigenvalue weighted by Crippen LogP contribution is 2.25. The number of amides is 1. The summed E-state index contributed by atoms with van der Waals surface area (Å²) in [7, 11) is 0. The molecule has 4 heteroatoms. The molecule has 2 rings (SSSR count). The first-order valence-corrected chi connectivity index (χ1v) is 6.27. The van der Waals surface area contributed by atoms with E-state index < -0.39 is 0 Å². The largest absolute Gasteiger partial charge is 0.372 e. The number of primary amides is 1. The molecular formula is C14H18N2O2. The van der Waals surface area contributed by atoms with Gasteiger partial charge < -0.3 is 10.6 Å². The summed E-state index contributed by atoms with van der Waals surface area (Å²) in [6.07, 6.45) is 3.34. The van der Waals surface area contributed by atoms with Gasteiger partial charge in [0.2, 0.25) is 5.91 Å². The lowest BCUT2D eigenvalue weighted by molar-refractivity contribution is -0.119. The number of rotatable bonds is 4. The molecular weight excluding hydrogens is 228 g/mol. The molecule has 0 spiro atoms. The van der Waals surface area contributed by atoms with Crippen molar-refractivity contribution in [2.45, 2.75) is 19.3 Å². The molecule has 0 aromatic heterocycles. The summed E-state index contributed by atoms with van der Waals surface area (Å²) in [6.45, 7) is 1.89. The maximum absolute atomic E-state index is 10.9. The van der Waals surface area contributed by atoms with Crippen molar-refractivity contribution in [3.63, 3.8) is 0 Å². The fourth-order valence-corrected chi connectivity index (χ4v) is 2.44. The van der Waals surface area contributed by atoms with Crippen LogP contribution < -0.4 is 10.6 Å². The average molecular weight is 246 g/mol. The molecule has 1 fully saturated rings. The van der Waals surface area contributed by atoms with Crippen molar-refractivity contribution in [3.8, 4) is 0 Å². The Labute approximate surface area is 107 Å². The van der Waals surface area contributed by atoms with E-state index in [4.69, 9.17) is 5.73 Å². The van der Waals surface area contributed by atoms with Crippen LogP contribution in [0.5, 0.6) is 0 Å². The van der Waals surface area contributed by atoms with Gasteiger partial charge in [-0.3, -0.25) is 9.59 Å². The van der Waals surface area contributed by atoms with Gasteiger partial charge in [-0.15, -0.1) is 0 Å². The fourth-order valence-electron chi connectivity index (χ4n) is 2.44. The topological polar surface area (TPSA) is 63.4 Å². The third kappa shape index (κ3) is 3.09. The summed E-state index contributed by atoms with van der Waals surface area (Å²) in [4.78, 5) is 23.7. The van der Waals surface area contributed by atoms with Gasteiger partial charge in [-0.2, -0.15) is 0 Å². The van der Waals surface area contributed by atoms with Gasteiger partial charge in [-0.25, -0.2) is 0 Å². The van der Waals surface area contributed by atoms with E-state index in [1.54, 1.807) is 0 Å². The van der Waals surface area contributed by atoms with Gasteiger partial charge in [0, 0.05) is 30.8 Å². The first-order chi connectivity index (χ1) is 8.69. The quantitative estimate of drug-likeness (QED) is 0.821. The minimum Gasteiger partial charge on any atom is -0.372 e. The number of nitrogens with zero attached hydrogens (tertiary/aromatic N) is 1. The SMILES string of the molecule is NC(=O)CC1CCN(c2ccc(C=O)cc2)CC1. The van der Waals surface area contributed by atoms with Gasteiger partial charge >= 0.3 is 0 Å². The van der Waals surface area contributed by atoms with Gasteiger partial charge in [0.05, 0.1) is 0 Å².